The first-order valence-electron chi connectivity index (χ1n) is 5.91. The quantitative estimate of drug-likeness (QED) is 0.708. The van der Waals surface area contributed by atoms with Gasteiger partial charge in [-0.3, -0.25) is 0 Å². The molecule has 0 saturated heterocycles. The normalized spacial score (nSPS) is 29.1. The Labute approximate surface area is 81.5 Å². The lowest BCUT2D eigenvalue weighted by molar-refractivity contribution is 0.0996. The largest absolute Gasteiger partial charge is 0.393 e. The second kappa shape index (κ2) is 3.61. The van der Waals surface area contributed by atoms with E-state index in [9.17, 15) is 5.11 Å². The molecule has 2 saturated carbocycles. The molecule has 2 fully saturated rings. The van der Waals surface area contributed by atoms with Crippen LogP contribution in [-0.4, -0.2) is 11.2 Å². The van der Waals surface area contributed by atoms with E-state index in [1.165, 1.54) is 51.4 Å². The fourth-order valence-electron chi connectivity index (χ4n) is 2.83. The molecule has 1 heteroatoms. The Morgan fingerprint density at radius 2 is 1.92 bits per heavy atom. The Morgan fingerprint density at radius 3 is 2.38 bits per heavy atom. The van der Waals surface area contributed by atoms with Crippen molar-refractivity contribution < 1.29 is 5.11 Å². The van der Waals surface area contributed by atoms with E-state index in [1.807, 2.05) is 6.92 Å². The van der Waals surface area contributed by atoms with Gasteiger partial charge in [0.25, 0.3) is 0 Å². The minimum Gasteiger partial charge on any atom is -0.393 e. The van der Waals surface area contributed by atoms with Gasteiger partial charge >= 0.3 is 0 Å². The number of rotatable bonds is 4. The third kappa shape index (κ3) is 2.07. The average molecular weight is 182 g/mol. The van der Waals surface area contributed by atoms with Gasteiger partial charge in [-0.2, -0.15) is 0 Å². The summed E-state index contributed by atoms with van der Waals surface area (Å²) in [5.74, 6) is 0.997. The fraction of sp³-hybridized carbons (Fsp3) is 1.00. The summed E-state index contributed by atoms with van der Waals surface area (Å²) in [5.41, 5.74) is 0.364. The van der Waals surface area contributed by atoms with Crippen LogP contribution in [-0.2, 0) is 0 Å². The average Bonchev–Trinajstić information content (AvgIpc) is 2.73. The van der Waals surface area contributed by atoms with Gasteiger partial charge in [-0.25, -0.2) is 0 Å². The van der Waals surface area contributed by atoms with E-state index in [0.717, 1.165) is 5.92 Å². The van der Waals surface area contributed by atoms with E-state index in [0.29, 0.717) is 5.41 Å². The minimum atomic E-state index is -0.0612. The molecule has 2 rings (SSSR count). The zero-order valence-electron chi connectivity index (χ0n) is 8.76. The second-order valence-electron chi connectivity index (χ2n) is 5.23. The predicted octanol–water partition coefficient (Wildman–Crippen LogP) is 3.12. The van der Waals surface area contributed by atoms with Gasteiger partial charge in [0.05, 0.1) is 6.10 Å². The number of aliphatic hydroxyl groups excluding tert-OH is 1. The standard InChI is InChI=1S/C12H22O/c1-10(13)12(8-9-12)7-6-11-4-2-3-5-11/h10-11,13H,2-9H2,1H3. The van der Waals surface area contributed by atoms with E-state index in [2.05, 4.69) is 0 Å². The Kier molecular flexibility index (Phi) is 2.64. The summed E-state index contributed by atoms with van der Waals surface area (Å²) >= 11 is 0. The number of hydrogen-bond donors (Lipinski definition) is 1. The highest BCUT2D eigenvalue weighted by molar-refractivity contribution is 4.97. The maximum Gasteiger partial charge on any atom is 0.0568 e. The van der Waals surface area contributed by atoms with Crippen molar-refractivity contribution in [3.63, 3.8) is 0 Å². The van der Waals surface area contributed by atoms with E-state index >= 15 is 0 Å². The summed E-state index contributed by atoms with van der Waals surface area (Å²) in [6.45, 7) is 1.97. The molecule has 1 atom stereocenters. The van der Waals surface area contributed by atoms with Gasteiger partial charge in [-0.05, 0) is 43.9 Å². The molecule has 0 radical (unpaired) electrons. The highest BCUT2D eigenvalue weighted by atomic mass is 16.3. The molecule has 2 aliphatic rings. The summed E-state index contributed by atoms with van der Waals surface area (Å²) < 4.78 is 0. The smallest absolute Gasteiger partial charge is 0.0568 e. The predicted molar refractivity (Wildman–Crippen MR) is 54.5 cm³/mol. The maximum atomic E-state index is 9.62. The zero-order chi connectivity index (χ0) is 9.31. The van der Waals surface area contributed by atoms with Crippen molar-refractivity contribution in [2.24, 2.45) is 11.3 Å². The Balaban J connectivity index is 1.72. The summed E-state index contributed by atoms with van der Waals surface area (Å²) in [6.07, 6.45) is 11.0. The van der Waals surface area contributed by atoms with Gasteiger partial charge in [-0.15, -0.1) is 0 Å². The monoisotopic (exact) mass is 182 g/mol. The summed E-state index contributed by atoms with van der Waals surface area (Å²) in [5, 5.41) is 9.62. The molecule has 1 nitrogen and oxygen atoms in total. The molecule has 0 aliphatic heterocycles. The van der Waals surface area contributed by atoms with Gasteiger partial charge in [0.15, 0.2) is 0 Å². The maximum absolute atomic E-state index is 9.62. The molecule has 1 N–H and O–H groups in total. The third-order valence-electron chi connectivity index (χ3n) is 4.30. The van der Waals surface area contributed by atoms with Gasteiger partial charge in [0.2, 0.25) is 0 Å². The van der Waals surface area contributed by atoms with Gasteiger partial charge in [-0.1, -0.05) is 25.7 Å². The third-order valence-corrected chi connectivity index (χ3v) is 4.30. The molecule has 1 unspecified atom stereocenters. The molecule has 13 heavy (non-hydrogen) atoms. The van der Waals surface area contributed by atoms with Crippen LogP contribution >= 0.6 is 0 Å². The van der Waals surface area contributed by atoms with Crippen LogP contribution in [0.3, 0.4) is 0 Å². The van der Waals surface area contributed by atoms with Crippen LogP contribution < -0.4 is 0 Å². The van der Waals surface area contributed by atoms with Crippen molar-refractivity contribution in [1.82, 2.24) is 0 Å². The van der Waals surface area contributed by atoms with E-state index in [4.69, 9.17) is 0 Å². The Morgan fingerprint density at radius 1 is 1.31 bits per heavy atom. The van der Waals surface area contributed by atoms with Crippen LogP contribution in [0.5, 0.6) is 0 Å². The first-order valence-corrected chi connectivity index (χ1v) is 5.91. The molecule has 0 heterocycles. The highest BCUT2D eigenvalue weighted by Crippen LogP contribution is 2.53. The van der Waals surface area contributed by atoms with Crippen molar-refractivity contribution in [3.8, 4) is 0 Å². The lowest BCUT2D eigenvalue weighted by Crippen LogP contribution is -2.18. The SMILES string of the molecule is CC(O)C1(CCC2CCCC2)CC1. The van der Waals surface area contributed by atoms with Gasteiger partial charge in [0, 0.05) is 0 Å². The summed E-state index contributed by atoms with van der Waals surface area (Å²) in [7, 11) is 0. The highest BCUT2D eigenvalue weighted by Gasteiger charge is 2.46. The zero-order valence-corrected chi connectivity index (χ0v) is 8.76. The molecule has 0 spiro atoms. The lowest BCUT2D eigenvalue weighted by Gasteiger charge is -2.20. The van der Waals surface area contributed by atoms with E-state index in [-0.39, 0.29) is 6.10 Å². The van der Waals surface area contributed by atoms with Gasteiger partial charge in [0.1, 0.15) is 0 Å². The van der Waals surface area contributed by atoms with Crippen LogP contribution in [0.2, 0.25) is 0 Å². The van der Waals surface area contributed by atoms with Crippen LogP contribution in [0, 0.1) is 11.3 Å². The molecule has 2 aliphatic carbocycles. The van der Waals surface area contributed by atoms with Gasteiger partial charge < -0.3 is 5.11 Å². The Bertz CT molecular complexity index is 164. The van der Waals surface area contributed by atoms with Crippen LogP contribution in [0.1, 0.15) is 58.3 Å². The van der Waals surface area contributed by atoms with E-state index < -0.39 is 0 Å². The Hall–Kier alpha value is -0.0400. The summed E-state index contributed by atoms with van der Waals surface area (Å²) in [6, 6.07) is 0. The molecule has 0 aromatic carbocycles. The van der Waals surface area contributed by atoms with Crippen molar-refractivity contribution in [3.05, 3.63) is 0 Å². The molecular weight excluding hydrogens is 160 g/mol. The van der Waals surface area contributed by atoms with Crippen LogP contribution in [0.15, 0.2) is 0 Å². The molecule has 0 aromatic rings. The second-order valence-corrected chi connectivity index (χ2v) is 5.23. The number of hydrogen-bond acceptors (Lipinski definition) is 1. The molecule has 0 amide bonds. The molecular formula is C12H22O. The van der Waals surface area contributed by atoms with Crippen LogP contribution in [0.25, 0.3) is 0 Å². The topological polar surface area (TPSA) is 20.2 Å². The first kappa shape index (κ1) is 9.51. The molecule has 76 valence electrons. The van der Waals surface area contributed by atoms with Crippen molar-refractivity contribution in [1.29, 1.82) is 0 Å². The van der Waals surface area contributed by atoms with Crippen molar-refractivity contribution >= 4 is 0 Å². The summed E-state index contributed by atoms with van der Waals surface area (Å²) in [4.78, 5) is 0. The lowest BCUT2D eigenvalue weighted by atomic mass is 9.89. The first-order chi connectivity index (χ1) is 6.23. The fourth-order valence-corrected chi connectivity index (χ4v) is 2.83. The van der Waals surface area contributed by atoms with Crippen molar-refractivity contribution in [2.75, 3.05) is 0 Å². The van der Waals surface area contributed by atoms with Crippen molar-refractivity contribution in [2.45, 2.75) is 64.4 Å². The molecule has 0 aromatic heterocycles. The number of aliphatic hydroxyl groups is 1. The van der Waals surface area contributed by atoms with E-state index in [1.54, 1.807) is 0 Å². The molecule has 0 bridgehead atoms. The minimum absolute atomic E-state index is 0.0612. The van der Waals surface area contributed by atoms with Crippen LogP contribution in [0.4, 0.5) is 0 Å².